The molecule has 1 aromatic rings. The highest BCUT2D eigenvalue weighted by Gasteiger charge is 2.30. The van der Waals surface area contributed by atoms with Crippen LogP contribution in [0.5, 0.6) is 0 Å². The normalized spacial score (nSPS) is 16.2. The molecule has 0 spiro atoms. The number of rotatable bonds is 3. The van der Waals surface area contributed by atoms with Crippen molar-refractivity contribution in [3.63, 3.8) is 0 Å². The molecule has 0 saturated carbocycles. The van der Waals surface area contributed by atoms with Gasteiger partial charge in [0.1, 0.15) is 5.78 Å². The summed E-state index contributed by atoms with van der Waals surface area (Å²) in [4.78, 5) is 22.9. The van der Waals surface area contributed by atoms with Crippen LogP contribution in [-0.2, 0) is 4.79 Å². The van der Waals surface area contributed by atoms with Gasteiger partial charge in [0.2, 0.25) is 0 Å². The monoisotopic (exact) mass is 284 g/mol. The zero-order valence-electron chi connectivity index (χ0n) is 10.9. The zero-order chi connectivity index (χ0) is 14.9. The Labute approximate surface area is 114 Å². The number of nitro groups is 1. The zero-order valence-corrected chi connectivity index (χ0v) is 10.9. The van der Waals surface area contributed by atoms with E-state index < -0.39 is 22.2 Å². The Kier molecular flexibility index (Phi) is 3.96. The number of benzene rings is 1. The molecule has 1 aliphatic rings. The second kappa shape index (κ2) is 5.52. The van der Waals surface area contributed by atoms with Crippen LogP contribution in [-0.4, -0.2) is 23.8 Å². The number of Topliss-reactive ketones (excluding diaryl/α,β-unsaturated/α-hetero) is 1. The molecule has 0 amide bonds. The molecule has 5 nitrogen and oxygen atoms in total. The van der Waals surface area contributed by atoms with Crippen LogP contribution in [0.3, 0.4) is 0 Å². The summed E-state index contributed by atoms with van der Waals surface area (Å²) >= 11 is 0. The molecule has 1 saturated heterocycles. The minimum Gasteiger partial charge on any atom is -0.363 e. The van der Waals surface area contributed by atoms with Gasteiger partial charge in [-0.05, 0) is 25.8 Å². The van der Waals surface area contributed by atoms with Crippen molar-refractivity contribution in [3.8, 4) is 0 Å². The van der Waals surface area contributed by atoms with E-state index in [4.69, 9.17) is 0 Å². The van der Waals surface area contributed by atoms with Crippen molar-refractivity contribution in [1.29, 1.82) is 0 Å². The Morgan fingerprint density at radius 2 is 1.95 bits per heavy atom. The molecule has 1 heterocycles. The molecule has 7 heteroatoms. The van der Waals surface area contributed by atoms with Crippen molar-refractivity contribution < 1.29 is 18.5 Å². The maximum absolute atomic E-state index is 13.9. The summed E-state index contributed by atoms with van der Waals surface area (Å²) in [5.41, 5.74) is -0.776. The number of nitro benzene ring substituents is 1. The number of carbonyl (C=O) groups excluding carboxylic acids is 1. The van der Waals surface area contributed by atoms with Crippen LogP contribution in [0, 0.1) is 27.7 Å². The molecule has 1 aromatic carbocycles. The standard InChI is InChI=1S/C13H14F2N2O3/c1-8(18)9-4-6-16(7-5-9)13-11(17(19)20)3-2-10(14)12(13)15/h2-3,9H,4-7H2,1H3. The highest BCUT2D eigenvalue weighted by atomic mass is 19.2. The molecule has 0 aromatic heterocycles. The second-order valence-corrected chi connectivity index (χ2v) is 4.86. The Morgan fingerprint density at radius 3 is 2.45 bits per heavy atom. The SMILES string of the molecule is CC(=O)C1CCN(c2c([N+](=O)[O-])ccc(F)c2F)CC1. The second-order valence-electron chi connectivity index (χ2n) is 4.86. The summed E-state index contributed by atoms with van der Waals surface area (Å²) in [6, 6.07) is 1.71. The minimum atomic E-state index is -1.21. The molecular formula is C13H14F2N2O3. The molecule has 0 bridgehead atoms. The maximum Gasteiger partial charge on any atom is 0.295 e. The van der Waals surface area contributed by atoms with Gasteiger partial charge in [-0.2, -0.15) is 0 Å². The van der Waals surface area contributed by atoms with Crippen LogP contribution in [0.15, 0.2) is 12.1 Å². The molecular weight excluding hydrogens is 270 g/mol. The van der Waals surface area contributed by atoms with E-state index in [-0.39, 0.29) is 17.4 Å². The first-order valence-corrected chi connectivity index (χ1v) is 6.29. The number of hydrogen-bond acceptors (Lipinski definition) is 4. The van der Waals surface area contributed by atoms with E-state index in [2.05, 4.69) is 0 Å². The first-order chi connectivity index (χ1) is 9.41. The van der Waals surface area contributed by atoms with Gasteiger partial charge in [0.15, 0.2) is 17.3 Å². The van der Waals surface area contributed by atoms with Crippen molar-refractivity contribution in [1.82, 2.24) is 0 Å². The number of piperidine rings is 1. The maximum atomic E-state index is 13.9. The van der Waals surface area contributed by atoms with Crippen molar-refractivity contribution >= 4 is 17.2 Å². The van der Waals surface area contributed by atoms with Gasteiger partial charge in [-0.15, -0.1) is 0 Å². The van der Waals surface area contributed by atoms with Crippen LogP contribution < -0.4 is 4.90 Å². The highest BCUT2D eigenvalue weighted by molar-refractivity contribution is 5.78. The van der Waals surface area contributed by atoms with E-state index in [1.807, 2.05) is 0 Å². The summed E-state index contributed by atoms with van der Waals surface area (Å²) in [6.45, 7) is 2.09. The molecule has 0 N–H and O–H groups in total. The van der Waals surface area contributed by atoms with Gasteiger partial charge in [-0.1, -0.05) is 0 Å². The molecule has 1 fully saturated rings. The summed E-state index contributed by atoms with van der Waals surface area (Å²) in [5.74, 6) is -2.37. The van der Waals surface area contributed by atoms with Crippen LogP contribution in [0.2, 0.25) is 0 Å². The molecule has 0 aliphatic carbocycles. The van der Waals surface area contributed by atoms with E-state index in [0.717, 1.165) is 12.1 Å². The number of carbonyl (C=O) groups is 1. The van der Waals surface area contributed by atoms with Crippen LogP contribution in [0.4, 0.5) is 20.2 Å². The third kappa shape index (κ3) is 2.61. The van der Waals surface area contributed by atoms with Crippen LogP contribution >= 0.6 is 0 Å². The Balaban J connectivity index is 2.31. The Hall–Kier alpha value is -2.05. The Morgan fingerprint density at radius 1 is 1.35 bits per heavy atom. The smallest absolute Gasteiger partial charge is 0.295 e. The summed E-state index contributed by atoms with van der Waals surface area (Å²) in [6.07, 6.45) is 0.977. The fourth-order valence-corrected chi connectivity index (χ4v) is 2.49. The third-order valence-corrected chi connectivity index (χ3v) is 3.63. The largest absolute Gasteiger partial charge is 0.363 e. The van der Waals surface area contributed by atoms with E-state index in [0.29, 0.717) is 25.9 Å². The molecule has 0 unspecified atom stereocenters. The molecule has 0 atom stereocenters. The van der Waals surface area contributed by atoms with E-state index in [1.165, 1.54) is 11.8 Å². The van der Waals surface area contributed by atoms with E-state index >= 15 is 0 Å². The van der Waals surface area contributed by atoms with Gasteiger partial charge in [0, 0.05) is 25.1 Å². The lowest BCUT2D eigenvalue weighted by atomic mass is 9.93. The Bertz CT molecular complexity index is 555. The van der Waals surface area contributed by atoms with Crippen molar-refractivity contribution in [2.75, 3.05) is 18.0 Å². The van der Waals surface area contributed by atoms with Gasteiger partial charge in [-0.25, -0.2) is 8.78 Å². The van der Waals surface area contributed by atoms with Crippen LogP contribution in [0.25, 0.3) is 0 Å². The summed E-state index contributed by atoms with van der Waals surface area (Å²) in [7, 11) is 0. The van der Waals surface area contributed by atoms with Gasteiger partial charge in [0.05, 0.1) is 4.92 Å². The number of hydrogen-bond donors (Lipinski definition) is 0. The molecule has 1 aliphatic heterocycles. The van der Waals surface area contributed by atoms with E-state index in [1.54, 1.807) is 0 Å². The highest BCUT2D eigenvalue weighted by Crippen LogP contribution is 2.35. The lowest BCUT2D eigenvalue weighted by Gasteiger charge is -2.32. The quantitative estimate of drug-likeness (QED) is 0.632. The first-order valence-electron chi connectivity index (χ1n) is 6.29. The first kappa shape index (κ1) is 14.4. The average Bonchev–Trinajstić information content (AvgIpc) is 2.41. The van der Waals surface area contributed by atoms with Gasteiger partial charge in [-0.3, -0.25) is 14.9 Å². The van der Waals surface area contributed by atoms with Crippen LogP contribution in [0.1, 0.15) is 19.8 Å². The minimum absolute atomic E-state index is 0.0545. The molecule has 20 heavy (non-hydrogen) atoms. The topological polar surface area (TPSA) is 63.5 Å². The molecule has 2 rings (SSSR count). The fraction of sp³-hybridized carbons (Fsp3) is 0.462. The van der Waals surface area contributed by atoms with Crippen molar-refractivity contribution in [2.24, 2.45) is 5.92 Å². The number of ketones is 1. The fourth-order valence-electron chi connectivity index (χ4n) is 2.49. The molecule has 0 radical (unpaired) electrons. The van der Waals surface area contributed by atoms with Crippen molar-refractivity contribution in [2.45, 2.75) is 19.8 Å². The van der Waals surface area contributed by atoms with E-state index in [9.17, 15) is 23.7 Å². The van der Waals surface area contributed by atoms with Gasteiger partial charge < -0.3 is 4.90 Å². The lowest BCUT2D eigenvalue weighted by Crippen LogP contribution is -2.36. The predicted molar refractivity (Wildman–Crippen MR) is 68.6 cm³/mol. The van der Waals surface area contributed by atoms with Crippen molar-refractivity contribution in [3.05, 3.63) is 33.9 Å². The average molecular weight is 284 g/mol. The molecule has 108 valence electrons. The summed E-state index contributed by atoms with van der Waals surface area (Å²) < 4.78 is 27.2. The number of anilines is 1. The van der Waals surface area contributed by atoms with Gasteiger partial charge >= 0.3 is 0 Å². The third-order valence-electron chi connectivity index (χ3n) is 3.63. The number of nitrogens with zero attached hydrogens (tertiary/aromatic N) is 2. The lowest BCUT2D eigenvalue weighted by molar-refractivity contribution is -0.384. The predicted octanol–water partition coefficient (Wildman–Crippen LogP) is 2.68. The summed E-state index contributed by atoms with van der Waals surface area (Å²) in [5, 5.41) is 10.9. The number of halogens is 2. The van der Waals surface area contributed by atoms with Gasteiger partial charge in [0.25, 0.3) is 5.69 Å².